The minimum atomic E-state index is -3.81. The van der Waals surface area contributed by atoms with Crippen LogP contribution in [0.2, 0.25) is 0 Å². The molecule has 0 saturated heterocycles. The Morgan fingerprint density at radius 1 is 0.931 bits per heavy atom. The summed E-state index contributed by atoms with van der Waals surface area (Å²) in [6.45, 7) is 6.09. The van der Waals surface area contributed by atoms with Crippen LogP contribution < -0.4 is 4.74 Å². The summed E-state index contributed by atoms with van der Waals surface area (Å²) >= 11 is 0. The van der Waals surface area contributed by atoms with Gasteiger partial charge in [-0.25, -0.2) is 0 Å². The van der Waals surface area contributed by atoms with E-state index in [2.05, 4.69) is 26.0 Å². The van der Waals surface area contributed by atoms with Gasteiger partial charge in [-0.1, -0.05) is 54.1 Å². The van der Waals surface area contributed by atoms with Crippen LogP contribution in [0, 0.1) is 20.8 Å². The Morgan fingerprint density at radius 2 is 1.62 bits per heavy atom. The lowest BCUT2D eigenvalue weighted by molar-refractivity contribution is 0.152. The second kappa shape index (κ2) is 7.65. The predicted octanol–water partition coefficient (Wildman–Crippen LogP) is 4.99. The molecule has 0 spiro atoms. The molecule has 0 amide bonds. The second-order valence-corrected chi connectivity index (χ2v) is 9.15. The van der Waals surface area contributed by atoms with E-state index in [9.17, 15) is 8.42 Å². The van der Waals surface area contributed by atoms with Gasteiger partial charge < -0.3 is 4.74 Å². The van der Waals surface area contributed by atoms with Crippen LogP contribution in [-0.4, -0.2) is 21.1 Å². The number of hydrogen-bond acceptors (Lipinski definition) is 4. The molecule has 1 heterocycles. The molecule has 4 rings (SSSR count). The third-order valence-electron chi connectivity index (χ3n) is 5.44. The summed E-state index contributed by atoms with van der Waals surface area (Å²) < 4.78 is 36.4. The van der Waals surface area contributed by atoms with Crippen molar-refractivity contribution in [3.05, 3.63) is 82.9 Å². The fraction of sp³-hybridized carbons (Fsp3) is 0.250. The molecule has 3 aromatic carbocycles. The van der Waals surface area contributed by atoms with E-state index in [-0.39, 0.29) is 17.6 Å². The Bertz CT molecular complexity index is 1150. The molecule has 1 atom stereocenters. The molecule has 5 heteroatoms. The van der Waals surface area contributed by atoms with E-state index >= 15 is 0 Å². The maximum absolute atomic E-state index is 12.5. The molecule has 4 nitrogen and oxygen atoms in total. The van der Waals surface area contributed by atoms with Gasteiger partial charge in [-0.05, 0) is 55.2 Å². The van der Waals surface area contributed by atoms with Crippen molar-refractivity contribution in [2.45, 2.75) is 38.2 Å². The average Bonchev–Trinajstić information content (AvgIpc) is 3.12. The van der Waals surface area contributed by atoms with Crippen LogP contribution in [0.4, 0.5) is 0 Å². The van der Waals surface area contributed by atoms with Gasteiger partial charge in [0.15, 0.2) is 0 Å². The van der Waals surface area contributed by atoms with Crippen LogP contribution >= 0.6 is 0 Å². The van der Waals surface area contributed by atoms with E-state index in [1.54, 1.807) is 24.3 Å². The summed E-state index contributed by atoms with van der Waals surface area (Å²) in [7, 11) is -3.81. The molecular formula is C24H24O4S. The van der Waals surface area contributed by atoms with Crippen molar-refractivity contribution in [2.24, 2.45) is 0 Å². The zero-order valence-corrected chi connectivity index (χ0v) is 17.6. The predicted molar refractivity (Wildman–Crippen MR) is 114 cm³/mol. The SMILES string of the molecule is Cc1ccc(S(=O)(=O)OCC2Cc3cccc(-c4cccc(C)c4C)c3O2)cc1. The van der Waals surface area contributed by atoms with E-state index in [0.29, 0.717) is 6.42 Å². The third-order valence-corrected chi connectivity index (χ3v) is 6.74. The lowest BCUT2D eigenvalue weighted by Crippen LogP contribution is -2.23. The van der Waals surface area contributed by atoms with Crippen LogP contribution in [0.15, 0.2) is 65.6 Å². The summed E-state index contributed by atoms with van der Waals surface area (Å²) in [5.74, 6) is 0.822. The molecule has 150 valence electrons. The van der Waals surface area contributed by atoms with Crippen molar-refractivity contribution in [3.63, 3.8) is 0 Å². The molecule has 29 heavy (non-hydrogen) atoms. The van der Waals surface area contributed by atoms with Crippen LogP contribution in [0.25, 0.3) is 11.1 Å². The first-order valence-electron chi connectivity index (χ1n) is 9.66. The monoisotopic (exact) mass is 408 g/mol. The zero-order valence-electron chi connectivity index (χ0n) is 16.8. The molecule has 3 aromatic rings. The quantitative estimate of drug-likeness (QED) is 0.558. The Hall–Kier alpha value is -2.63. The fourth-order valence-electron chi connectivity index (χ4n) is 3.62. The molecule has 1 aliphatic heterocycles. The zero-order chi connectivity index (χ0) is 20.6. The second-order valence-electron chi connectivity index (χ2n) is 7.54. The molecule has 0 aliphatic carbocycles. The highest BCUT2D eigenvalue weighted by Crippen LogP contribution is 2.40. The van der Waals surface area contributed by atoms with E-state index in [1.165, 1.54) is 11.1 Å². The number of ether oxygens (including phenoxy) is 1. The third kappa shape index (κ3) is 3.93. The molecule has 0 N–H and O–H groups in total. The molecular weight excluding hydrogens is 384 g/mol. The van der Waals surface area contributed by atoms with Crippen LogP contribution in [0.5, 0.6) is 5.75 Å². The van der Waals surface area contributed by atoms with Crippen LogP contribution in [-0.2, 0) is 20.7 Å². The van der Waals surface area contributed by atoms with Crippen LogP contribution in [0.1, 0.15) is 22.3 Å². The smallest absolute Gasteiger partial charge is 0.297 e. The topological polar surface area (TPSA) is 52.6 Å². The average molecular weight is 409 g/mol. The minimum absolute atomic E-state index is 0.0167. The number of hydrogen-bond donors (Lipinski definition) is 0. The first-order chi connectivity index (χ1) is 13.8. The van der Waals surface area contributed by atoms with Crippen LogP contribution in [0.3, 0.4) is 0 Å². The van der Waals surface area contributed by atoms with Crippen molar-refractivity contribution in [1.29, 1.82) is 0 Å². The Labute approximate surface area is 172 Å². The Balaban J connectivity index is 1.53. The number of fused-ring (bicyclic) bond motifs is 1. The highest BCUT2D eigenvalue weighted by atomic mass is 32.2. The number of benzene rings is 3. The molecule has 1 aliphatic rings. The molecule has 0 bridgehead atoms. The molecule has 0 aromatic heterocycles. The molecule has 0 saturated carbocycles. The van der Waals surface area contributed by atoms with Crippen molar-refractivity contribution in [1.82, 2.24) is 0 Å². The van der Waals surface area contributed by atoms with Crippen molar-refractivity contribution in [2.75, 3.05) is 6.61 Å². The van der Waals surface area contributed by atoms with Gasteiger partial charge >= 0.3 is 0 Å². The van der Waals surface area contributed by atoms with Gasteiger partial charge in [-0.15, -0.1) is 0 Å². The molecule has 0 fully saturated rings. The maximum Gasteiger partial charge on any atom is 0.297 e. The van der Waals surface area contributed by atoms with Gasteiger partial charge in [-0.2, -0.15) is 8.42 Å². The standard InChI is InChI=1S/C24H24O4S/c1-16-10-12-21(13-11-16)29(25,26)27-15-20-14-19-7-5-9-23(24(19)28-20)22-8-4-6-17(2)18(22)3/h4-13,20H,14-15H2,1-3H3. The first-order valence-corrected chi connectivity index (χ1v) is 11.1. The summed E-state index contributed by atoms with van der Waals surface area (Å²) in [4.78, 5) is 0.162. The van der Waals surface area contributed by atoms with Crippen molar-refractivity contribution < 1.29 is 17.3 Å². The summed E-state index contributed by atoms with van der Waals surface area (Å²) in [5.41, 5.74) is 6.68. The lowest BCUT2D eigenvalue weighted by atomic mass is 9.95. The lowest BCUT2D eigenvalue weighted by Gasteiger charge is -2.15. The Morgan fingerprint density at radius 3 is 2.38 bits per heavy atom. The fourth-order valence-corrected chi connectivity index (χ4v) is 4.56. The van der Waals surface area contributed by atoms with Gasteiger partial charge in [-0.3, -0.25) is 4.18 Å². The van der Waals surface area contributed by atoms with Gasteiger partial charge in [0.05, 0.1) is 4.90 Å². The molecule has 1 unspecified atom stereocenters. The largest absolute Gasteiger partial charge is 0.487 e. The van der Waals surface area contributed by atoms with E-state index in [1.807, 2.05) is 31.2 Å². The Kier molecular flexibility index (Phi) is 5.19. The number of para-hydroxylation sites is 1. The van der Waals surface area contributed by atoms with E-state index in [4.69, 9.17) is 8.92 Å². The normalized spacial score (nSPS) is 15.8. The number of aryl methyl sites for hydroxylation is 2. The van der Waals surface area contributed by atoms with Gasteiger partial charge in [0.2, 0.25) is 0 Å². The minimum Gasteiger partial charge on any atom is -0.487 e. The maximum atomic E-state index is 12.5. The van der Waals surface area contributed by atoms with Gasteiger partial charge in [0.25, 0.3) is 10.1 Å². The highest BCUT2D eigenvalue weighted by molar-refractivity contribution is 7.86. The van der Waals surface area contributed by atoms with Gasteiger partial charge in [0.1, 0.15) is 18.5 Å². The first kappa shape index (κ1) is 19.7. The van der Waals surface area contributed by atoms with E-state index in [0.717, 1.165) is 28.0 Å². The van der Waals surface area contributed by atoms with Crippen molar-refractivity contribution in [3.8, 4) is 16.9 Å². The highest BCUT2D eigenvalue weighted by Gasteiger charge is 2.28. The summed E-state index contributed by atoms with van der Waals surface area (Å²) in [6, 6.07) is 19.0. The van der Waals surface area contributed by atoms with Gasteiger partial charge in [0, 0.05) is 12.0 Å². The van der Waals surface area contributed by atoms with E-state index < -0.39 is 10.1 Å². The molecule has 0 radical (unpaired) electrons. The summed E-state index contributed by atoms with van der Waals surface area (Å²) in [6.07, 6.45) is 0.286. The van der Waals surface area contributed by atoms with Crippen molar-refractivity contribution >= 4 is 10.1 Å². The number of rotatable bonds is 5. The summed E-state index contributed by atoms with van der Waals surface area (Å²) in [5, 5.41) is 0.